The van der Waals surface area contributed by atoms with Crippen molar-refractivity contribution in [3.8, 4) is 5.75 Å². The lowest BCUT2D eigenvalue weighted by Crippen LogP contribution is -2.25. The summed E-state index contributed by atoms with van der Waals surface area (Å²) in [6.45, 7) is -0.310. The summed E-state index contributed by atoms with van der Waals surface area (Å²) in [7, 11) is 3.15. The van der Waals surface area contributed by atoms with Gasteiger partial charge in [0.05, 0.1) is 23.9 Å². The van der Waals surface area contributed by atoms with E-state index in [-0.39, 0.29) is 12.5 Å². The van der Waals surface area contributed by atoms with Gasteiger partial charge in [0, 0.05) is 12.4 Å². The average Bonchev–Trinajstić information content (AvgIpc) is 3.18. The third-order valence-corrected chi connectivity index (χ3v) is 5.22. The molecule has 1 N–H and O–H groups in total. The summed E-state index contributed by atoms with van der Waals surface area (Å²) in [4.78, 5) is 29.3. The highest BCUT2D eigenvalue weighted by Gasteiger charge is 2.27. The number of esters is 1. The van der Waals surface area contributed by atoms with Gasteiger partial charge in [0.1, 0.15) is 5.75 Å². The summed E-state index contributed by atoms with van der Waals surface area (Å²) in [5.74, 6) is -0.0492. The first-order valence-electron chi connectivity index (χ1n) is 9.75. The van der Waals surface area contributed by atoms with Crippen molar-refractivity contribution in [3.63, 3.8) is 0 Å². The van der Waals surface area contributed by atoms with Gasteiger partial charge in [-0.15, -0.1) is 0 Å². The Kier molecular flexibility index (Phi) is 5.48. The molecule has 0 fully saturated rings. The molecule has 0 bridgehead atoms. The molecule has 152 valence electrons. The number of benzene rings is 2. The number of nitrogens with zero attached hydrogens (tertiary/aromatic N) is 1. The Labute approximate surface area is 174 Å². The highest BCUT2D eigenvalue weighted by molar-refractivity contribution is 6.07. The van der Waals surface area contributed by atoms with Gasteiger partial charge in [-0.2, -0.15) is 0 Å². The van der Waals surface area contributed by atoms with Gasteiger partial charge in [0.15, 0.2) is 6.61 Å². The van der Waals surface area contributed by atoms with Crippen LogP contribution in [0.3, 0.4) is 0 Å². The molecule has 1 aliphatic carbocycles. The van der Waals surface area contributed by atoms with Gasteiger partial charge in [0.2, 0.25) is 0 Å². The van der Waals surface area contributed by atoms with Crippen molar-refractivity contribution >= 4 is 34.4 Å². The summed E-state index contributed by atoms with van der Waals surface area (Å²) in [6, 6.07) is 15.3. The number of para-hydroxylation sites is 1. The smallest absolute Gasteiger partial charge is 0.339 e. The molecule has 4 rings (SSSR count). The van der Waals surface area contributed by atoms with Crippen LogP contribution >= 0.6 is 0 Å². The predicted octanol–water partition coefficient (Wildman–Crippen LogP) is 3.63. The summed E-state index contributed by atoms with van der Waals surface area (Å²) >= 11 is 0. The number of amides is 1. The van der Waals surface area contributed by atoms with Crippen molar-refractivity contribution in [2.75, 3.05) is 20.8 Å². The number of rotatable bonds is 5. The van der Waals surface area contributed by atoms with Crippen molar-refractivity contribution < 1.29 is 19.1 Å². The molecule has 0 spiro atoms. The maximum Gasteiger partial charge on any atom is 0.339 e. The van der Waals surface area contributed by atoms with Crippen molar-refractivity contribution in [2.45, 2.75) is 12.8 Å². The van der Waals surface area contributed by atoms with Crippen molar-refractivity contribution in [1.29, 1.82) is 0 Å². The molecule has 6 nitrogen and oxygen atoms in total. The molecular weight excluding hydrogens is 380 g/mol. The van der Waals surface area contributed by atoms with Crippen LogP contribution < -0.4 is 10.1 Å². The molecule has 3 aromatic rings. The minimum Gasteiger partial charge on any atom is -0.497 e. The van der Waals surface area contributed by atoms with Gasteiger partial charge in [-0.25, -0.2) is 9.78 Å². The maximum absolute atomic E-state index is 12.9. The second-order valence-corrected chi connectivity index (χ2v) is 7.02. The third kappa shape index (κ3) is 3.76. The third-order valence-electron chi connectivity index (χ3n) is 5.22. The minimum absolute atomic E-state index is 0.310. The van der Waals surface area contributed by atoms with Crippen LogP contribution in [0.4, 0.5) is 0 Å². The fraction of sp³-hybridized carbons (Fsp3) is 0.208. The SMILES string of the molecule is CNC(=O)COC(=O)c1c2c(nc3ccccc13)C(=Cc1ccc(OC)cc1)CC2. The number of carbonyl (C=O) groups is 2. The molecule has 0 aliphatic heterocycles. The Morgan fingerprint density at radius 3 is 2.60 bits per heavy atom. The molecule has 1 amide bonds. The molecule has 6 heteroatoms. The number of hydrogen-bond acceptors (Lipinski definition) is 5. The number of ether oxygens (including phenoxy) is 2. The molecular formula is C24H22N2O4. The first-order valence-corrected chi connectivity index (χ1v) is 9.75. The number of allylic oxidation sites excluding steroid dienone is 1. The van der Waals surface area contributed by atoms with E-state index in [1.54, 1.807) is 7.11 Å². The number of aromatic nitrogens is 1. The number of pyridine rings is 1. The van der Waals surface area contributed by atoms with Crippen LogP contribution in [0, 0.1) is 0 Å². The van der Waals surface area contributed by atoms with Crippen LogP contribution in [0.25, 0.3) is 22.6 Å². The number of hydrogen-bond donors (Lipinski definition) is 1. The summed E-state index contributed by atoms with van der Waals surface area (Å²) in [5.41, 5.74) is 5.02. The Balaban J connectivity index is 1.77. The van der Waals surface area contributed by atoms with Crippen LogP contribution in [0.5, 0.6) is 5.75 Å². The standard InChI is InChI=1S/C24H22N2O4/c1-25-21(27)14-30-24(28)22-18-5-3-4-6-20(18)26-23-16(9-12-19(22)23)13-15-7-10-17(29-2)11-8-15/h3-8,10-11,13H,9,12,14H2,1-2H3,(H,25,27). The molecule has 0 unspecified atom stereocenters. The van der Waals surface area contributed by atoms with Gasteiger partial charge in [-0.1, -0.05) is 30.3 Å². The summed E-state index contributed by atoms with van der Waals surface area (Å²) in [5, 5.41) is 3.20. The number of nitrogens with one attached hydrogen (secondary N) is 1. The summed E-state index contributed by atoms with van der Waals surface area (Å²) < 4.78 is 10.5. The Hall–Kier alpha value is -3.67. The van der Waals surface area contributed by atoms with Gasteiger partial charge >= 0.3 is 5.97 Å². The van der Waals surface area contributed by atoms with E-state index in [2.05, 4.69) is 11.4 Å². The zero-order valence-corrected chi connectivity index (χ0v) is 16.9. The van der Waals surface area contributed by atoms with Crippen LogP contribution in [0.15, 0.2) is 48.5 Å². The van der Waals surface area contributed by atoms with E-state index in [4.69, 9.17) is 14.5 Å². The Morgan fingerprint density at radius 2 is 1.87 bits per heavy atom. The number of carbonyl (C=O) groups excluding carboxylic acids is 2. The summed E-state index contributed by atoms with van der Waals surface area (Å²) in [6.07, 6.45) is 3.56. The molecule has 1 aromatic heterocycles. The van der Waals surface area contributed by atoms with E-state index in [1.165, 1.54) is 7.05 Å². The quantitative estimate of drug-likeness (QED) is 0.660. The molecule has 1 heterocycles. The molecule has 0 saturated heterocycles. The van der Waals surface area contributed by atoms with E-state index in [0.717, 1.165) is 45.5 Å². The largest absolute Gasteiger partial charge is 0.497 e. The minimum atomic E-state index is -0.501. The normalized spacial score (nSPS) is 13.9. The van der Waals surface area contributed by atoms with E-state index in [1.807, 2.05) is 48.5 Å². The number of methoxy groups -OCH3 is 1. The Morgan fingerprint density at radius 1 is 1.10 bits per heavy atom. The monoisotopic (exact) mass is 402 g/mol. The zero-order chi connectivity index (χ0) is 21.1. The fourth-order valence-electron chi connectivity index (χ4n) is 3.69. The van der Waals surface area contributed by atoms with Gasteiger partial charge in [-0.3, -0.25) is 4.79 Å². The Bertz CT molecular complexity index is 1150. The van der Waals surface area contributed by atoms with E-state index in [9.17, 15) is 9.59 Å². The van der Waals surface area contributed by atoms with Crippen LogP contribution in [0.2, 0.25) is 0 Å². The number of fused-ring (bicyclic) bond motifs is 2. The van der Waals surface area contributed by atoms with Crippen LogP contribution in [0.1, 0.15) is 33.6 Å². The second kappa shape index (κ2) is 8.37. The molecule has 0 radical (unpaired) electrons. The van der Waals surface area contributed by atoms with Gasteiger partial charge in [0.25, 0.3) is 5.91 Å². The highest BCUT2D eigenvalue weighted by Crippen LogP contribution is 2.37. The highest BCUT2D eigenvalue weighted by atomic mass is 16.5. The lowest BCUT2D eigenvalue weighted by Gasteiger charge is -2.12. The first kappa shape index (κ1) is 19.6. The van der Waals surface area contributed by atoms with Crippen molar-refractivity contribution in [1.82, 2.24) is 10.3 Å². The van der Waals surface area contributed by atoms with Crippen LogP contribution in [-0.2, 0) is 16.0 Å². The molecule has 0 atom stereocenters. The van der Waals surface area contributed by atoms with Crippen LogP contribution in [-0.4, -0.2) is 37.6 Å². The molecule has 1 aliphatic rings. The van der Waals surface area contributed by atoms with E-state index >= 15 is 0 Å². The lowest BCUT2D eigenvalue weighted by atomic mass is 10.0. The van der Waals surface area contributed by atoms with Crippen molar-refractivity contribution in [2.24, 2.45) is 0 Å². The van der Waals surface area contributed by atoms with Gasteiger partial charge in [-0.05, 0) is 53.8 Å². The van der Waals surface area contributed by atoms with Gasteiger partial charge < -0.3 is 14.8 Å². The fourth-order valence-corrected chi connectivity index (χ4v) is 3.69. The number of likely N-dealkylation sites (N-methyl/N-ethyl adjacent to an activating group) is 1. The lowest BCUT2D eigenvalue weighted by molar-refractivity contribution is -0.123. The molecule has 30 heavy (non-hydrogen) atoms. The van der Waals surface area contributed by atoms with E-state index in [0.29, 0.717) is 12.0 Å². The second-order valence-electron chi connectivity index (χ2n) is 7.02. The van der Waals surface area contributed by atoms with E-state index < -0.39 is 5.97 Å². The first-order chi connectivity index (χ1) is 14.6. The zero-order valence-electron chi connectivity index (χ0n) is 16.9. The maximum atomic E-state index is 12.9. The topological polar surface area (TPSA) is 77.5 Å². The predicted molar refractivity (Wildman–Crippen MR) is 115 cm³/mol. The van der Waals surface area contributed by atoms with Crippen molar-refractivity contribution in [3.05, 3.63) is 70.9 Å². The average molecular weight is 402 g/mol. The molecule has 0 saturated carbocycles. The molecule has 2 aromatic carbocycles.